The molecule has 2 atom stereocenters. The molecule has 4 heterocycles. The van der Waals surface area contributed by atoms with Gasteiger partial charge >= 0.3 is 23.9 Å². The van der Waals surface area contributed by atoms with Crippen LogP contribution in [-0.4, -0.2) is 75.0 Å². The smallest absolute Gasteiger partial charge is 0.339 e. The van der Waals surface area contributed by atoms with E-state index in [9.17, 15) is 58.8 Å². The fourth-order valence-electron chi connectivity index (χ4n) is 14.9. The van der Waals surface area contributed by atoms with Crippen molar-refractivity contribution in [3.8, 4) is 61.4 Å². The molecule has 4 amide bonds. The quantitative estimate of drug-likeness (QED) is 0.0397. The summed E-state index contributed by atoms with van der Waals surface area (Å²) in [6.45, 7) is 0. The van der Waals surface area contributed by atoms with Gasteiger partial charge in [0.05, 0.1) is 13.0 Å². The lowest BCUT2D eigenvalue weighted by atomic mass is 9.77. The fourth-order valence-corrected chi connectivity index (χ4v) is 19.5. The van der Waals surface area contributed by atoms with E-state index in [0.717, 1.165) is 83.2 Å². The van der Waals surface area contributed by atoms with E-state index in [1.165, 1.54) is 67.6 Å². The van der Waals surface area contributed by atoms with Gasteiger partial charge in [-0.1, -0.05) is 213 Å². The molecule has 9 aromatic carbocycles. The largest absolute Gasteiger partial charge is 0.496 e. The van der Waals surface area contributed by atoms with Crippen molar-refractivity contribution in [1.82, 2.24) is 0 Å². The number of benzene rings is 9. The molecule has 0 saturated heterocycles. The number of halogens is 4. The topological polar surface area (TPSA) is 275 Å². The summed E-state index contributed by atoms with van der Waals surface area (Å²) in [5.41, 5.74) is 17.3. The zero-order chi connectivity index (χ0) is 80.7. The summed E-state index contributed by atoms with van der Waals surface area (Å²) in [5.74, 6) is -4.80. The number of thiophene rings is 4. The van der Waals surface area contributed by atoms with Gasteiger partial charge in [-0.2, -0.15) is 0 Å². The number of hydrogen-bond donors (Lipinski definition) is 8. The minimum atomic E-state index is -1.08. The third-order valence-corrected chi connectivity index (χ3v) is 25.7. The van der Waals surface area contributed by atoms with Crippen LogP contribution in [0.15, 0.2) is 243 Å². The number of ether oxygens (including phenoxy) is 1. The highest BCUT2D eigenvalue weighted by atomic mass is 79.9. The Kier molecular flexibility index (Phi) is 25.0. The molecule has 2 unspecified atom stereocenters. The molecule has 17 rings (SSSR count). The van der Waals surface area contributed by atoms with E-state index in [1.807, 2.05) is 133 Å². The Hall–Kier alpha value is -11.1. The van der Waals surface area contributed by atoms with Gasteiger partial charge in [0.15, 0.2) is 0 Å². The number of hydrogen-bond acceptors (Lipinski definition) is 13. The van der Waals surface area contributed by atoms with Crippen LogP contribution < -0.4 is 26.0 Å². The second kappa shape index (κ2) is 35.7. The highest BCUT2D eigenvalue weighted by Crippen LogP contribution is 2.48. The fraction of sp³-hybridized carbons (Fsp3) is 0.133. The third-order valence-electron chi connectivity index (χ3n) is 20.6. The van der Waals surface area contributed by atoms with Crippen LogP contribution in [-0.2, 0) is 51.3 Å². The van der Waals surface area contributed by atoms with Crippen molar-refractivity contribution < 1.29 is 63.5 Å². The molecule has 0 saturated carbocycles. The van der Waals surface area contributed by atoms with Gasteiger partial charge in [-0.3, -0.25) is 19.2 Å². The number of aromatic carboxylic acids is 4. The number of carboxylic acids is 4. The highest BCUT2D eigenvalue weighted by Gasteiger charge is 2.36. The van der Waals surface area contributed by atoms with Crippen LogP contribution in [0.25, 0.3) is 55.6 Å². The zero-order valence-electron chi connectivity index (χ0n) is 60.9. The van der Waals surface area contributed by atoms with Crippen LogP contribution in [0.2, 0.25) is 10.0 Å². The van der Waals surface area contributed by atoms with Crippen LogP contribution in [0.1, 0.15) is 111 Å². The summed E-state index contributed by atoms with van der Waals surface area (Å²) in [6.07, 6.45) is 4.40. The highest BCUT2D eigenvalue weighted by molar-refractivity contribution is 9.10. The lowest BCUT2D eigenvalue weighted by Crippen LogP contribution is -2.30. The number of carbonyl (C=O) groups is 8. The molecule has 4 aromatic heterocycles. The number of nitrogens with one attached hydrogen (secondary N) is 4. The predicted molar refractivity (Wildman–Crippen MR) is 464 cm³/mol. The van der Waals surface area contributed by atoms with Gasteiger partial charge in [-0.05, 0) is 171 Å². The number of methoxy groups -OCH3 is 1. The molecule has 4 aliphatic carbocycles. The van der Waals surface area contributed by atoms with Gasteiger partial charge in [0.1, 0.15) is 48.0 Å². The second-order valence-corrected chi connectivity index (χ2v) is 33.7. The van der Waals surface area contributed by atoms with E-state index in [-0.39, 0.29) is 76.0 Å². The molecule has 0 spiro atoms. The van der Waals surface area contributed by atoms with Crippen molar-refractivity contribution in [2.75, 3.05) is 28.4 Å². The Labute approximate surface area is 703 Å². The van der Waals surface area contributed by atoms with Gasteiger partial charge in [0.25, 0.3) is 0 Å². The number of carboxylic acid groups (broad SMARTS) is 4. The van der Waals surface area contributed by atoms with Gasteiger partial charge in [-0.15, -0.1) is 45.3 Å². The Morgan fingerprint density at radius 3 is 1.17 bits per heavy atom. The standard InChI is InChI=1S/C26H18ClNO3S.C23H20BrNO4S.C21H16BrNO3S.C20H14ClNO3S/c27-16-11-9-15(10-12-16)22-14-32-25(24(22)26(30)31)28-23(29)13-21-19-7-3-1-5-17(19)18-6-2-4-8-20(18)21;1-29-19-4-2-3-13-5-6-15(11-17(13)19)21(26)25-22-20(23(27)28)18(12-30-22)14-7-9-16(24)10-8-14;22-16-7-5-12(6-8-16)17-11-27-20(18(17)21(25)26)23-19(24)15-9-13-3-1-2-4-14(13)10-15;21-13-7-5-11(6-8-13)16-10-26-19(17(16)20(24)25)22-18(23)15-9-12-3-1-2-4-14(12)15/h1-12,14,21H,13H2,(H,28,29)(H,30,31);2-4,7-10,12,15H,5-6,11H2,1H3,(H,25,26)(H,27,28);1-8,11,15H,9-10H2,(H,23,24)(H,25,26);1-8,10,15H,9H2,(H,22,23)(H,24,25). The average Bonchev–Trinajstić information content (AvgIpc) is 1.66. The molecule has 13 aromatic rings. The van der Waals surface area contributed by atoms with Crippen LogP contribution in [0.3, 0.4) is 0 Å². The summed E-state index contributed by atoms with van der Waals surface area (Å²) >= 11 is 23.6. The molecular formula is C90H68Br2Cl2N4O13S4. The normalized spacial score (nSPS) is 14.0. The first-order valence-electron chi connectivity index (χ1n) is 36.2. The average molecular weight is 1770 g/mol. The number of anilines is 4. The summed E-state index contributed by atoms with van der Waals surface area (Å²) in [5, 5.41) is 60.1. The molecular weight excluding hydrogens is 1700 g/mol. The minimum Gasteiger partial charge on any atom is -0.496 e. The van der Waals surface area contributed by atoms with E-state index in [0.29, 0.717) is 78.0 Å². The third kappa shape index (κ3) is 17.9. The molecule has 0 radical (unpaired) electrons. The molecule has 25 heteroatoms. The Bertz CT molecular complexity index is 5840. The Balaban J connectivity index is 0.000000127. The first-order chi connectivity index (χ1) is 55.6. The number of rotatable bonds is 18. The summed E-state index contributed by atoms with van der Waals surface area (Å²) in [4.78, 5) is 99.1. The molecule has 4 aliphatic rings. The van der Waals surface area contributed by atoms with E-state index in [1.54, 1.807) is 77.2 Å². The maximum atomic E-state index is 13.0. The van der Waals surface area contributed by atoms with Crippen LogP contribution in [0, 0.1) is 11.8 Å². The van der Waals surface area contributed by atoms with E-state index >= 15 is 0 Å². The lowest BCUT2D eigenvalue weighted by molar-refractivity contribution is -0.120. The van der Waals surface area contributed by atoms with Crippen molar-refractivity contribution in [2.45, 2.75) is 56.8 Å². The van der Waals surface area contributed by atoms with Crippen molar-refractivity contribution in [3.05, 3.63) is 320 Å². The van der Waals surface area contributed by atoms with Gasteiger partial charge < -0.3 is 46.4 Å². The minimum absolute atomic E-state index is 0.0635. The monoisotopic (exact) mass is 1770 g/mol. The van der Waals surface area contributed by atoms with E-state index in [2.05, 4.69) is 83.5 Å². The van der Waals surface area contributed by atoms with Gasteiger partial charge in [0.2, 0.25) is 23.6 Å². The first-order valence-corrected chi connectivity index (χ1v) is 42.1. The van der Waals surface area contributed by atoms with E-state index < -0.39 is 23.9 Å². The van der Waals surface area contributed by atoms with Crippen LogP contribution in [0.5, 0.6) is 5.75 Å². The van der Waals surface area contributed by atoms with Gasteiger partial charge in [0, 0.05) is 86.9 Å². The van der Waals surface area contributed by atoms with Crippen molar-refractivity contribution in [3.63, 3.8) is 0 Å². The zero-order valence-corrected chi connectivity index (χ0v) is 68.8. The molecule has 0 aliphatic heterocycles. The molecule has 17 nitrogen and oxygen atoms in total. The maximum Gasteiger partial charge on any atom is 0.339 e. The van der Waals surface area contributed by atoms with Crippen LogP contribution in [0.4, 0.5) is 20.0 Å². The second-order valence-electron chi connectivity index (χ2n) is 27.5. The summed E-state index contributed by atoms with van der Waals surface area (Å²) in [6, 6.07) is 66.8. The van der Waals surface area contributed by atoms with Crippen molar-refractivity contribution >= 4 is 168 Å². The number of fused-ring (bicyclic) bond motifs is 6. The summed E-state index contributed by atoms with van der Waals surface area (Å²) < 4.78 is 7.30. The predicted octanol–water partition coefficient (Wildman–Crippen LogP) is 22.8. The van der Waals surface area contributed by atoms with E-state index in [4.69, 9.17) is 27.9 Å². The number of amides is 4. The summed E-state index contributed by atoms with van der Waals surface area (Å²) in [7, 11) is 1.63. The molecule has 578 valence electrons. The molecule has 0 fully saturated rings. The molecule has 115 heavy (non-hydrogen) atoms. The first kappa shape index (κ1) is 80.5. The molecule has 0 bridgehead atoms. The van der Waals surface area contributed by atoms with Crippen molar-refractivity contribution in [1.29, 1.82) is 0 Å². The lowest BCUT2D eigenvalue weighted by Gasteiger charge is -2.28. The maximum absolute atomic E-state index is 13.0. The Morgan fingerprint density at radius 2 is 0.757 bits per heavy atom. The number of aryl methyl sites for hydroxylation is 1. The van der Waals surface area contributed by atoms with Crippen molar-refractivity contribution in [2.24, 2.45) is 11.8 Å². The van der Waals surface area contributed by atoms with Crippen LogP contribution >= 0.6 is 100 Å². The Morgan fingerprint density at radius 1 is 0.391 bits per heavy atom. The number of carbonyl (C=O) groups excluding carboxylic acids is 4. The molecule has 8 N–H and O–H groups in total. The van der Waals surface area contributed by atoms with Gasteiger partial charge in [-0.25, -0.2) is 19.2 Å². The SMILES string of the molecule is COc1cccc2c1CC(C(=O)Nc1scc(-c3ccc(Br)cc3)c1C(=O)O)CC2.O=C(CC1c2ccccc2-c2ccccc21)Nc1scc(-c2ccc(Cl)cc2)c1C(=O)O.O=C(O)c1c(-c2ccc(Br)cc2)csc1NC(=O)C1Cc2ccccc2C1.O=C(O)c1c(-c2ccc(Cl)cc2)csc1NC(=O)C1Cc2ccccc21.